The van der Waals surface area contributed by atoms with E-state index in [4.69, 9.17) is 21.7 Å². The number of aryl methyl sites for hydroxylation is 1. The van der Waals surface area contributed by atoms with Crippen molar-refractivity contribution in [1.29, 1.82) is 0 Å². The highest BCUT2D eigenvalue weighted by atomic mass is 32.1. The zero-order valence-electron chi connectivity index (χ0n) is 13.9. The third kappa shape index (κ3) is 7.80. The summed E-state index contributed by atoms with van der Waals surface area (Å²) in [6.45, 7) is 3.65. The van der Waals surface area contributed by atoms with Gasteiger partial charge < -0.3 is 14.8 Å². The fourth-order valence-electron chi connectivity index (χ4n) is 1.80. The van der Waals surface area contributed by atoms with Gasteiger partial charge in [0.15, 0.2) is 5.11 Å². The maximum atomic E-state index is 11.9. The summed E-state index contributed by atoms with van der Waals surface area (Å²) in [4.78, 5) is 11.9. The first-order valence-electron chi connectivity index (χ1n) is 7.53. The molecule has 0 aliphatic rings. The summed E-state index contributed by atoms with van der Waals surface area (Å²) in [6.07, 6.45) is 1.10. The van der Waals surface area contributed by atoms with Gasteiger partial charge in [0.1, 0.15) is 5.75 Å². The highest BCUT2D eigenvalue weighted by Gasteiger charge is 2.08. The minimum absolute atomic E-state index is 0.151. The number of hydrazine groups is 1. The maximum absolute atomic E-state index is 11.9. The summed E-state index contributed by atoms with van der Waals surface area (Å²) in [5, 5.41) is 5.01. The monoisotopic (exact) mass is 339 g/mol. The molecule has 1 rings (SSSR count). The van der Waals surface area contributed by atoms with Gasteiger partial charge >= 0.3 is 0 Å². The fraction of sp³-hybridized carbons (Fsp3) is 0.500. The van der Waals surface area contributed by atoms with Gasteiger partial charge in [-0.05, 0) is 37.2 Å². The smallest absolute Gasteiger partial charge is 0.241 e. The predicted molar refractivity (Wildman–Crippen MR) is 94.3 cm³/mol. The lowest BCUT2D eigenvalue weighted by Crippen LogP contribution is -2.48. The quantitative estimate of drug-likeness (QED) is 0.426. The lowest BCUT2D eigenvalue weighted by atomic mass is 10.2. The molecule has 0 spiro atoms. The number of carbonyl (C=O) groups excluding carboxylic acids is 1. The second-order valence-corrected chi connectivity index (χ2v) is 5.42. The zero-order valence-corrected chi connectivity index (χ0v) is 14.7. The molecule has 0 aliphatic carbocycles. The summed E-state index contributed by atoms with van der Waals surface area (Å²) >= 11 is 5.18. The Morgan fingerprint density at radius 3 is 2.74 bits per heavy atom. The number of carbonyl (C=O) groups is 1. The molecule has 1 aromatic rings. The highest BCUT2D eigenvalue weighted by Crippen LogP contribution is 2.16. The molecule has 0 radical (unpaired) electrons. The van der Waals surface area contributed by atoms with Gasteiger partial charge in [0.05, 0.1) is 13.0 Å². The standard InChI is InChI=1S/C16H25N3O3S/c1-13-7-4-5-8-14(13)22-12-9-15(20)18-19(2)16(23)17-10-6-11-21-3/h4-5,7-8H,6,9-12H2,1-3H3,(H,17,23)(H,18,20). The van der Waals surface area contributed by atoms with Crippen molar-refractivity contribution in [3.63, 3.8) is 0 Å². The Kier molecular flexibility index (Phi) is 9.01. The molecule has 1 amide bonds. The molecule has 128 valence electrons. The topological polar surface area (TPSA) is 62.8 Å². The van der Waals surface area contributed by atoms with Crippen molar-refractivity contribution < 1.29 is 14.3 Å². The predicted octanol–water partition coefficient (Wildman–Crippen LogP) is 1.64. The van der Waals surface area contributed by atoms with Crippen molar-refractivity contribution in [3.8, 4) is 5.75 Å². The molecular formula is C16H25N3O3S. The molecule has 0 heterocycles. The van der Waals surface area contributed by atoms with Crippen molar-refractivity contribution >= 4 is 23.2 Å². The molecule has 0 aromatic heterocycles. The number of rotatable bonds is 8. The lowest BCUT2D eigenvalue weighted by molar-refractivity contribution is -0.124. The fourth-order valence-corrected chi connectivity index (χ4v) is 1.94. The Morgan fingerprint density at radius 2 is 2.04 bits per heavy atom. The Labute approximate surface area is 143 Å². The first-order valence-corrected chi connectivity index (χ1v) is 7.94. The van der Waals surface area contributed by atoms with E-state index in [0.29, 0.717) is 24.9 Å². The third-order valence-electron chi connectivity index (χ3n) is 3.08. The average molecular weight is 339 g/mol. The van der Waals surface area contributed by atoms with Gasteiger partial charge in [0, 0.05) is 27.3 Å². The van der Waals surface area contributed by atoms with Crippen LogP contribution < -0.4 is 15.5 Å². The number of nitrogens with zero attached hydrogens (tertiary/aromatic N) is 1. The van der Waals surface area contributed by atoms with Gasteiger partial charge in [-0.25, -0.2) is 0 Å². The number of amides is 1. The molecule has 7 heteroatoms. The van der Waals surface area contributed by atoms with Crippen LogP contribution in [-0.2, 0) is 9.53 Å². The number of methoxy groups -OCH3 is 1. The SMILES string of the molecule is COCCCNC(=S)N(C)NC(=O)CCOc1ccccc1C. The molecule has 1 aromatic carbocycles. The third-order valence-corrected chi connectivity index (χ3v) is 3.50. The molecule has 0 bridgehead atoms. The summed E-state index contributed by atoms with van der Waals surface area (Å²) in [5.74, 6) is 0.645. The summed E-state index contributed by atoms with van der Waals surface area (Å²) < 4.78 is 10.6. The van der Waals surface area contributed by atoms with E-state index in [1.54, 1.807) is 14.2 Å². The van der Waals surface area contributed by atoms with Crippen LogP contribution in [0.25, 0.3) is 0 Å². The van der Waals surface area contributed by atoms with Crippen LogP contribution in [0.4, 0.5) is 0 Å². The Bertz CT molecular complexity index is 511. The van der Waals surface area contributed by atoms with Crippen LogP contribution in [0.15, 0.2) is 24.3 Å². The minimum Gasteiger partial charge on any atom is -0.493 e. The van der Waals surface area contributed by atoms with Crippen LogP contribution in [0.2, 0.25) is 0 Å². The van der Waals surface area contributed by atoms with E-state index >= 15 is 0 Å². The van der Waals surface area contributed by atoms with E-state index in [-0.39, 0.29) is 12.3 Å². The van der Waals surface area contributed by atoms with Crippen LogP contribution in [-0.4, -0.2) is 49.9 Å². The normalized spacial score (nSPS) is 10.0. The number of hydrogen-bond donors (Lipinski definition) is 2. The molecule has 0 saturated heterocycles. The van der Waals surface area contributed by atoms with E-state index in [1.165, 1.54) is 5.01 Å². The van der Waals surface area contributed by atoms with Crippen molar-refractivity contribution in [3.05, 3.63) is 29.8 Å². The molecule has 0 aliphatic heterocycles. The lowest BCUT2D eigenvalue weighted by Gasteiger charge is -2.21. The molecule has 0 unspecified atom stereocenters. The van der Waals surface area contributed by atoms with E-state index < -0.39 is 0 Å². The maximum Gasteiger partial charge on any atom is 0.241 e. The van der Waals surface area contributed by atoms with Crippen LogP contribution in [0.5, 0.6) is 5.75 Å². The summed E-state index contributed by atoms with van der Waals surface area (Å²) in [7, 11) is 3.36. The molecule has 23 heavy (non-hydrogen) atoms. The van der Waals surface area contributed by atoms with Gasteiger partial charge in [-0.2, -0.15) is 0 Å². The average Bonchev–Trinajstić information content (AvgIpc) is 2.53. The van der Waals surface area contributed by atoms with Crippen LogP contribution in [0.3, 0.4) is 0 Å². The molecule has 0 saturated carbocycles. The van der Waals surface area contributed by atoms with Crippen LogP contribution in [0, 0.1) is 6.92 Å². The van der Waals surface area contributed by atoms with Crippen LogP contribution in [0.1, 0.15) is 18.4 Å². The van der Waals surface area contributed by atoms with E-state index in [1.807, 2.05) is 31.2 Å². The Hall–Kier alpha value is -1.86. The molecule has 6 nitrogen and oxygen atoms in total. The van der Waals surface area contributed by atoms with Crippen molar-refractivity contribution in [2.45, 2.75) is 19.8 Å². The first-order chi connectivity index (χ1) is 11.0. The van der Waals surface area contributed by atoms with E-state index in [0.717, 1.165) is 17.7 Å². The van der Waals surface area contributed by atoms with Gasteiger partial charge in [-0.1, -0.05) is 18.2 Å². The van der Waals surface area contributed by atoms with Gasteiger partial charge in [-0.15, -0.1) is 0 Å². The molecule has 0 fully saturated rings. The van der Waals surface area contributed by atoms with E-state index in [2.05, 4.69) is 10.7 Å². The number of hydrogen-bond acceptors (Lipinski definition) is 4. The number of thiocarbonyl (C=S) groups is 1. The number of para-hydroxylation sites is 1. The molecular weight excluding hydrogens is 314 g/mol. The number of nitrogens with one attached hydrogen (secondary N) is 2. The number of ether oxygens (including phenoxy) is 2. The zero-order chi connectivity index (χ0) is 17.1. The van der Waals surface area contributed by atoms with E-state index in [9.17, 15) is 4.79 Å². The van der Waals surface area contributed by atoms with Crippen molar-refractivity contribution in [1.82, 2.24) is 15.8 Å². The minimum atomic E-state index is -0.151. The Balaban J connectivity index is 2.22. The largest absolute Gasteiger partial charge is 0.493 e. The van der Waals surface area contributed by atoms with Gasteiger partial charge in [0.25, 0.3) is 0 Å². The van der Waals surface area contributed by atoms with Crippen LogP contribution >= 0.6 is 12.2 Å². The Morgan fingerprint density at radius 1 is 1.30 bits per heavy atom. The van der Waals surface area contributed by atoms with Crippen molar-refractivity contribution in [2.75, 3.05) is 33.9 Å². The number of benzene rings is 1. The summed E-state index contributed by atoms with van der Waals surface area (Å²) in [6, 6.07) is 7.71. The first kappa shape index (κ1) is 19.2. The van der Waals surface area contributed by atoms with Crippen molar-refractivity contribution in [2.24, 2.45) is 0 Å². The molecule has 0 atom stereocenters. The second-order valence-electron chi connectivity index (χ2n) is 5.04. The summed E-state index contributed by atoms with van der Waals surface area (Å²) in [5.41, 5.74) is 3.75. The highest BCUT2D eigenvalue weighted by molar-refractivity contribution is 7.80. The molecule has 2 N–H and O–H groups in total. The van der Waals surface area contributed by atoms with Gasteiger partial charge in [0.2, 0.25) is 5.91 Å². The van der Waals surface area contributed by atoms with Gasteiger partial charge in [-0.3, -0.25) is 15.2 Å². The second kappa shape index (κ2) is 10.8.